The maximum Gasteiger partial charge on any atom is 0.234 e. The number of anilines is 1. The van der Waals surface area contributed by atoms with Gasteiger partial charge in [-0.15, -0.1) is 0 Å². The van der Waals surface area contributed by atoms with Gasteiger partial charge in [-0.2, -0.15) is 4.98 Å². The smallest absolute Gasteiger partial charge is 0.234 e. The molecular weight excluding hydrogens is 216 g/mol. The van der Waals surface area contributed by atoms with Crippen LogP contribution < -0.4 is 10.1 Å². The van der Waals surface area contributed by atoms with E-state index in [0.29, 0.717) is 18.5 Å². The second kappa shape index (κ2) is 5.82. The second-order valence-corrected chi connectivity index (χ2v) is 4.40. The number of likely N-dealkylation sites (tertiary alicyclic amines) is 1. The molecule has 2 heterocycles. The fraction of sp³-hybridized carbons (Fsp3) is 0.667. The molecule has 1 aliphatic heterocycles. The van der Waals surface area contributed by atoms with Gasteiger partial charge < -0.3 is 15.0 Å². The molecule has 1 fully saturated rings. The summed E-state index contributed by atoms with van der Waals surface area (Å²) in [5.74, 6) is 1.40. The van der Waals surface area contributed by atoms with E-state index in [4.69, 9.17) is 4.74 Å². The summed E-state index contributed by atoms with van der Waals surface area (Å²) in [6, 6.07) is 0.498. The van der Waals surface area contributed by atoms with Crippen LogP contribution in [0.25, 0.3) is 0 Å². The van der Waals surface area contributed by atoms with Gasteiger partial charge in [0.05, 0.1) is 19.0 Å². The molecule has 1 aromatic rings. The van der Waals surface area contributed by atoms with Crippen LogP contribution >= 0.6 is 0 Å². The zero-order chi connectivity index (χ0) is 12.1. The maximum absolute atomic E-state index is 5.33. The van der Waals surface area contributed by atoms with Crippen LogP contribution in [0.15, 0.2) is 12.4 Å². The molecule has 1 aromatic heterocycles. The molecule has 0 bridgehead atoms. The van der Waals surface area contributed by atoms with Crippen LogP contribution in [0.1, 0.15) is 19.8 Å². The van der Waals surface area contributed by atoms with E-state index in [-0.39, 0.29) is 0 Å². The average Bonchev–Trinajstić information content (AvgIpc) is 2.33. The number of hydrogen-bond donors (Lipinski definition) is 1. The zero-order valence-corrected chi connectivity index (χ0v) is 10.5. The largest absolute Gasteiger partial charge is 0.477 e. The standard InChI is InChI=1S/C12H20N4O/c1-3-17-12-9-13-8-11(15-12)14-10-4-6-16(2)7-5-10/h8-10H,3-7H2,1-2H3,(H,14,15). The third-order valence-corrected chi connectivity index (χ3v) is 2.98. The molecule has 0 amide bonds. The fourth-order valence-corrected chi connectivity index (χ4v) is 2.00. The van der Waals surface area contributed by atoms with Gasteiger partial charge in [0.2, 0.25) is 5.88 Å². The van der Waals surface area contributed by atoms with E-state index in [1.54, 1.807) is 12.4 Å². The minimum Gasteiger partial charge on any atom is -0.477 e. The lowest BCUT2D eigenvalue weighted by Gasteiger charge is -2.29. The molecule has 1 N–H and O–H groups in total. The summed E-state index contributed by atoms with van der Waals surface area (Å²) in [5, 5.41) is 3.42. The predicted octanol–water partition coefficient (Wildman–Crippen LogP) is 1.38. The number of aromatic nitrogens is 2. The molecule has 94 valence electrons. The fourth-order valence-electron chi connectivity index (χ4n) is 2.00. The maximum atomic E-state index is 5.33. The predicted molar refractivity (Wildman–Crippen MR) is 67.3 cm³/mol. The lowest BCUT2D eigenvalue weighted by Crippen LogP contribution is -2.36. The van der Waals surface area contributed by atoms with Crippen LogP contribution in [-0.2, 0) is 0 Å². The topological polar surface area (TPSA) is 50.3 Å². The van der Waals surface area contributed by atoms with Crippen molar-refractivity contribution in [2.75, 3.05) is 32.1 Å². The van der Waals surface area contributed by atoms with E-state index in [0.717, 1.165) is 31.7 Å². The van der Waals surface area contributed by atoms with Gasteiger partial charge in [-0.25, -0.2) is 0 Å². The Morgan fingerprint density at radius 2 is 2.18 bits per heavy atom. The van der Waals surface area contributed by atoms with E-state index < -0.39 is 0 Å². The quantitative estimate of drug-likeness (QED) is 0.856. The Balaban J connectivity index is 1.91. The van der Waals surface area contributed by atoms with Crippen molar-refractivity contribution in [1.82, 2.24) is 14.9 Å². The van der Waals surface area contributed by atoms with Crippen LogP contribution in [0, 0.1) is 0 Å². The Labute approximate surface area is 102 Å². The summed E-state index contributed by atoms with van der Waals surface area (Å²) < 4.78 is 5.33. The van der Waals surface area contributed by atoms with E-state index in [2.05, 4.69) is 27.2 Å². The molecule has 0 radical (unpaired) electrons. The molecule has 5 heteroatoms. The molecule has 0 aromatic carbocycles. The number of ether oxygens (including phenoxy) is 1. The average molecular weight is 236 g/mol. The van der Waals surface area contributed by atoms with E-state index in [9.17, 15) is 0 Å². The summed E-state index contributed by atoms with van der Waals surface area (Å²) in [5.41, 5.74) is 0. The summed E-state index contributed by atoms with van der Waals surface area (Å²) in [4.78, 5) is 10.8. The van der Waals surface area contributed by atoms with Crippen LogP contribution in [0.5, 0.6) is 5.88 Å². The van der Waals surface area contributed by atoms with E-state index >= 15 is 0 Å². The van der Waals surface area contributed by atoms with Gasteiger partial charge >= 0.3 is 0 Å². The van der Waals surface area contributed by atoms with Gasteiger partial charge in [0.1, 0.15) is 5.82 Å². The van der Waals surface area contributed by atoms with Gasteiger partial charge in [0.25, 0.3) is 0 Å². The summed E-state index contributed by atoms with van der Waals surface area (Å²) in [6.45, 7) is 4.83. The molecule has 1 aliphatic rings. The first kappa shape index (κ1) is 12.1. The highest BCUT2D eigenvalue weighted by molar-refractivity contribution is 5.34. The van der Waals surface area contributed by atoms with Crippen molar-refractivity contribution in [3.8, 4) is 5.88 Å². The Hall–Kier alpha value is -1.36. The highest BCUT2D eigenvalue weighted by Crippen LogP contribution is 2.15. The first-order chi connectivity index (χ1) is 8.28. The number of hydrogen-bond acceptors (Lipinski definition) is 5. The van der Waals surface area contributed by atoms with Crippen LogP contribution in [0.4, 0.5) is 5.82 Å². The summed E-state index contributed by atoms with van der Waals surface area (Å²) in [6.07, 6.45) is 5.69. The molecule has 17 heavy (non-hydrogen) atoms. The number of rotatable bonds is 4. The van der Waals surface area contributed by atoms with Gasteiger partial charge in [0.15, 0.2) is 0 Å². The minimum atomic E-state index is 0.498. The van der Waals surface area contributed by atoms with Crippen molar-refractivity contribution in [3.05, 3.63) is 12.4 Å². The highest BCUT2D eigenvalue weighted by atomic mass is 16.5. The van der Waals surface area contributed by atoms with Crippen LogP contribution in [0.2, 0.25) is 0 Å². The van der Waals surface area contributed by atoms with Crippen molar-refractivity contribution >= 4 is 5.82 Å². The van der Waals surface area contributed by atoms with Crippen molar-refractivity contribution < 1.29 is 4.74 Å². The summed E-state index contributed by atoms with van der Waals surface area (Å²) in [7, 11) is 2.16. The molecule has 5 nitrogen and oxygen atoms in total. The molecule has 0 spiro atoms. The number of piperidine rings is 1. The van der Waals surface area contributed by atoms with Crippen molar-refractivity contribution in [1.29, 1.82) is 0 Å². The van der Waals surface area contributed by atoms with Gasteiger partial charge in [-0.05, 0) is 39.9 Å². The monoisotopic (exact) mass is 236 g/mol. The Morgan fingerprint density at radius 3 is 2.88 bits per heavy atom. The SMILES string of the molecule is CCOc1cncc(NC2CCN(C)CC2)n1. The first-order valence-electron chi connectivity index (χ1n) is 6.18. The summed E-state index contributed by atoms with van der Waals surface area (Å²) >= 11 is 0. The Kier molecular flexibility index (Phi) is 4.14. The number of nitrogens with one attached hydrogen (secondary N) is 1. The third kappa shape index (κ3) is 3.56. The normalized spacial score (nSPS) is 18.0. The van der Waals surface area contributed by atoms with Crippen molar-refractivity contribution in [2.24, 2.45) is 0 Å². The molecule has 0 unspecified atom stereocenters. The molecular formula is C12H20N4O. The minimum absolute atomic E-state index is 0.498. The molecule has 2 rings (SSSR count). The Morgan fingerprint density at radius 1 is 1.41 bits per heavy atom. The lowest BCUT2D eigenvalue weighted by atomic mass is 10.1. The van der Waals surface area contributed by atoms with Gasteiger partial charge in [0, 0.05) is 6.04 Å². The molecule has 1 saturated heterocycles. The van der Waals surface area contributed by atoms with Crippen LogP contribution in [0.3, 0.4) is 0 Å². The second-order valence-electron chi connectivity index (χ2n) is 4.40. The van der Waals surface area contributed by atoms with E-state index in [1.807, 2.05) is 6.92 Å². The molecule has 0 saturated carbocycles. The highest BCUT2D eigenvalue weighted by Gasteiger charge is 2.16. The van der Waals surface area contributed by atoms with Gasteiger partial charge in [-0.1, -0.05) is 0 Å². The first-order valence-corrected chi connectivity index (χ1v) is 6.18. The molecule has 0 atom stereocenters. The van der Waals surface area contributed by atoms with Crippen molar-refractivity contribution in [2.45, 2.75) is 25.8 Å². The number of nitrogens with zero attached hydrogens (tertiary/aromatic N) is 3. The zero-order valence-electron chi connectivity index (χ0n) is 10.5. The molecule has 0 aliphatic carbocycles. The van der Waals surface area contributed by atoms with E-state index in [1.165, 1.54) is 0 Å². The van der Waals surface area contributed by atoms with Gasteiger partial charge in [-0.3, -0.25) is 4.98 Å². The van der Waals surface area contributed by atoms with Crippen LogP contribution in [-0.4, -0.2) is 47.7 Å². The van der Waals surface area contributed by atoms with Crippen molar-refractivity contribution in [3.63, 3.8) is 0 Å². The Bertz CT molecular complexity index is 350. The third-order valence-electron chi connectivity index (χ3n) is 2.98. The lowest BCUT2D eigenvalue weighted by molar-refractivity contribution is 0.263.